The summed E-state index contributed by atoms with van der Waals surface area (Å²) in [7, 11) is 5.49. The predicted molar refractivity (Wildman–Crippen MR) is 128 cm³/mol. The van der Waals surface area contributed by atoms with Crippen molar-refractivity contribution >= 4 is 17.4 Å². The molecule has 1 fully saturated rings. The lowest BCUT2D eigenvalue weighted by Crippen LogP contribution is -2.32. The van der Waals surface area contributed by atoms with Gasteiger partial charge in [-0.3, -0.25) is 9.59 Å². The molecular formula is C26H32N2O5. The molecule has 2 aromatic carbocycles. The van der Waals surface area contributed by atoms with Crippen molar-refractivity contribution in [3.63, 3.8) is 0 Å². The summed E-state index contributed by atoms with van der Waals surface area (Å²) in [6.07, 6.45) is 0.689. The van der Waals surface area contributed by atoms with Gasteiger partial charge in [-0.1, -0.05) is 18.2 Å². The Morgan fingerprint density at radius 2 is 1.88 bits per heavy atom. The standard InChI is InChI=1S/C26H32N2O5/c1-6-33-21-11-8-7-10-20(21)23-22(24(29)19-13-12-18(32-5)16-17(19)2)25(30)26(31)28(23)15-9-14-27(3)4/h7-8,10-13,16,23,29H,6,9,14-15H2,1-5H3/b24-22+/t23-/m0/s1. The van der Waals surface area contributed by atoms with Crippen LogP contribution in [0.15, 0.2) is 48.0 Å². The maximum absolute atomic E-state index is 13.2. The molecule has 0 radical (unpaired) electrons. The van der Waals surface area contributed by atoms with Crippen LogP contribution in [-0.2, 0) is 9.59 Å². The van der Waals surface area contributed by atoms with Crippen molar-refractivity contribution in [2.45, 2.75) is 26.3 Å². The van der Waals surface area contributed by atoms with E-state index in [0.29, 0.717) is 42.2 Å². The van der Waals surface area contributed by atoms with E-state index in [1.807, 2.05) is 57.1 Å². The van der Waals surface area contributed by atoms with Gasteiger partial charge in [-0.15, -0.1) is 0 Å². The van der Waals surface area contributed by atoms with Crippen LogP contribution in [0.5, 0.6) is 11.5 Å². The van der Waals surface area contributed by atoms with E-state index in [2.05, 4.69) is 0 Å². The lowest BCUT2D eigenvalue weighted by atomic mass is 9.93. The highest BCUT2D eigenvalue weighted by Gasteiger charge is 2.46. The molecule has 0 spiro atoms. The number of hydrogen-bond donors (Lipinski definition) is 1. The van der Waals surface area contributed by atoms with Crippen LogP contribution in [0.25, 0.3) is 5.76 Å². The van der Waals surface area contributed by atoms with Gasteiger partial charge in [0.15, 0.2) is 0 Å². The number of carbonyl (C=O) groups is 2. The molecule has 1 heterocycles. The van der Waals surface area contributed by atoms with Gasteiger partial charge in [-0.25, -0.2) is 0 Å². The van der Waals surface area contributed by atoms with Crippen molar-refractivity contribution in [3.05, 3.63) is 64.7 Å². The maximum Gasteiger partial charge on any atom is 0.295 e. The molecule has 1 aliphatic rings. The summed E-state index contributed by atoms with van der Waals surface area (Å²) >= 11 is 0. The molecule has 0 saturated carbocycles. The second kappa shape index (κ2) is 10.5. The fourth-order valence-electron chi connectivity index (χ4n) is 4.16. The fourth-order valence-corrected chi connectivity index (χ4v) is 4.16. The van der Waals surface area contributed by atoms with Crippen LogP contribution in [0.4, 0.5) is 0 Å². The first-order chi connectivity index (χ1) is 15.8. The van der Waals surface area contributed by atoms with E-state index >= 15 is 0 Å². The quantitative estimate of drug-likeness (QED) is 0.354. The van der Waals surface area contributed by atoms with E-state index in [-0.39, 0.29) is 11.3 Å². The van der Waals surface area contributed by atoms with Crippen LogP contribution in [0.1, 0.15) is 36.1 Å². The molecule has 33 heavy (non-hydrogen) atoms. The van der Waals surface area contributed by atoms with Gasteiger partial charge < -0.3 is 24.4 Å². The van der Waals surface area contributed by atoms with Crippen LogP contribution in [0.2, 0.25) is 0 Å². The third-order valence-electron chi connectivity index (χ3n) is 5.75. The summed E-state index contributed by atoms with van der Waals surface area (Å²) < 4.78 is 11.1. The first kappa shape index (κ1) is 24.3. The van der Waals surface area contributed by atoms with E-state index < -0.39 is 17.7 Å². The van der Waals surface area contributed by atoms with Gasteiger partial charge in [0.05, 0.1) is 25.3 Å². The van der Waals surface area contributed by atoms with Gasteiger partial charge >= 0.3 is 0 Å². The molecule has 0 unspecified atom stereocenters. The summed E-state index contributed by atoms with van der Waals surface area (Å²) in [6.45, 7) is 5.29. The van der Waals surface area contributed by atoms with Crippen LogP contribution in [-0.4, -0.2) is 67.5 Å². The molecule has 1 amide bonds. The Hall–Kier alpha value is -3.32. The lowest BCUT2D eigenvalue weighted by Gasteiger charge is -2.27. The molecule has 176 valence electrons. The summed E-state index contributed by atoms with van der Waals surface area (Å²) in [5, 5.41) is 11.3. The molecule has 7 heteroatoms. The molecule has 7 nitrogen and oxygen atoms in total. The molecule has 0 aromatic heterocycles. The Kier molecular flexibility index (Phi) is 7.76. The number of aliphatic hydroxyl groups excluding tert-OH is 1. The second-order valence-corrected chi connectivity index (χ2v) is 8.30. The number of amides is 1. The van der Waals surface area contributed by atoms with Crippen LogP contribution in [0, 0.1) is 6.92 Å². The van der Waals surface area contributed by atoms with Crippen molar-refractivity contribution in [2.75, 3.05) is 40.9 Å². The van der Waals surface area contributed by atoms with E-state index in [0.717, 1.165) is 12.1 Å². The number of aliphatic hydroxyl groups is 1. The molecule has 1 atom stereocenters. The van der Waals surface area contributed by atoms with Gasteiger partial charge in [0.2, 0.25) is 0 Å². The van der Waals surface area contributed by atoms with E-state index in [4.69, 9.17) is 9.47 Å². The van der Waals surface area contributed by atoms with Crippen molar-refractivity contribution in [1.29, 1.82) is 0 Å². The first-order valence-corrected chi connectivity index (χ1v) is 11.1. The summed E-state index contributed by atoms with van der Waals surface area (Å²) in [5.74, 6) is -0.269. The van der Waals surface area contributed by atoms with E-state index in [9.17, 15) is 14.7 Å². The number of methoxy groups -OCH3 is 1. The number of nitrogens with zero attached hydrogens (tertiary/aromatic N) is 2. The van der Waals surface area contributed by atoms with Crippen LogP contribution < -0.4 is 9.47 Å². The molecule has 1 saturated heterocycles. The van der Waals surface area contributed by atoms with Crippen molar-refractivity contribution in [2.24, 2.45) is 0 Å². The monoisotopic (exact) mass is 452 g/mol. The molecule has 2 aromatic rings. The number of carbonyl (C=O) groups excluding carboxylic acids is 2. The third kappa shape index (κ3) is 5.03. The Balaban J connectivity index is 2.17. The van der Waals surface area contributed by atoms with Crippen molar-refractivity contribution in [3.8, 4) is 11.5 Å². The average molecular weight is 453 g/mol. The van der Waals surface area contributed by atoms with Gasteiger partial charge in [0.1, 0.15) is 17.3 Å². The molecular weight excluding hydrogens is 420 g/mol. The fraction of sp³-hybridized carbons (Fsp3) is 0.385. The smallest absolute Gasteiger partial charge is 0.295 e. The van der Waals surface area contributed by atoms with Gasteiger partial charge in [0.25, 0.3) is 11.7 Å². The zero-order chi connectivity index (χ0) is 24.1. The van der Waals surface area contributed by atoms with Crippen molar-refractivity contribution in [1.82, 2.24) is 9.80 Å². The number of hydrogen-bond acceptors (Lipinski definition) is 6. The Morgan fingerprint density at radius 1 is 1.15 bits per heavy atom. The zero-order valence-electron chi connectivity index (χ0n) is 19.9. The average Bonchev–Trinajstić information content (AvgIpc) is 3.04. The van der Waals surface area contributed by atoms with E-state index in [1.165, 1.54) is 0 Å². The highest BCUT2D eigenvalue weighted by molar-refractivity contribution is 6.46. The largest absolute Gasteiger partial charge is 0.507 e. The number of para-hydroxylation sites is 1. The third-order valence-corrected chi connectivity index (χ3v) is 5.75. The summed E-state index contributed by atoms with van der Waals surface area (Å²) in [4.78, 5) is 29.9. The molecule has 0 bridgehead atoms. The molecule has 1 aliphatic heterocycles. The topological polar surface area (TPSA) is 79.3 Å². The minimum atomic E-state index is -0.739. The minimum absolute atomic E-state index is 0.0743. The summed E-state index contributed by atoms with van der Waals surface area (Å²) in [5.41, 5.74) is 1.98. The van der Waals surface area contributed by atoms with Crippen molar-refractivity contribution < 1.29 is 24.2 Å². The number of likely N-dealkylation sites (tertiary alicyclic amines) is 1. The number of ether oxygens (including phenoxy) is 2. The second-order valence-electron chi connectivity index (χ2n) is 8.30. The minimum Gasteiger partial charge on any atom is -0.507 e. The zero-order valence-corrected chi connectivity index (χ0v) is 19.9. The predicted octanol–water partition coefficient (Wildman–Crippen LogP) is 3.78. The lowest BCUT2D eigenvalue weighted by molar-refractivity contribution is -0.140. The normalized spacial score (nSPS) is 17.6. The maximum atomic E-state index is 13.2. The Morgan fingerprint density at radius 3 is 2.52 bits per heavy atom. The number of benzene rings is 2. The van der Waals surface area contributed by atoms with Gasteiger partial charge in [0, 0.05) is 17.7 Å². The number of Topliss-reactive ketones (excluding diaryl/α,β-unsaturated/α-hetero) is 1. The van der Waals surface area contributed by atoms with Gasteiger partial charge in [-0.2, -0.15) is 0 Å². The summed E-state index contributed by atoms with van der Waals surface area (Å²) in [6, 6.07) is 11.8. The highest BCUT2D eigenvalue weighted by Crippen LogP contribution is 2.43. The first-order valence-electron chi connectivity index (χ1n) is 11.1. The SMILES string of the molecule is CCOc1ccccc1[C@H]1/C(=C(\O)c2ccc(OC)cc2C)C(=O)C(=O)N1CCCN(C)C. The van der Waals surface area contributed by atoms with E-state index in [1.54, 1.807) is 30.2 Å². The van der Waals surface area contributed by atoms with Crippen LogP contribution in [0.3, 0.4) is 0 Å². The Labute approximate surface area is 195 Å². The molecule has 1 N–H and O–H groups in total. The highest BCUT2D eigenvalue weighted by atomic mass is 16.5. The van der Waals surface area contributed by atoms with Gasteiger partial charge in [-0.05, 0) is 70.7 Å². The number of ketones is 1. The van der Waals surface area contributed by atoms with Crippen LogP contribution >= 0.6 is 0 Å². The molecule has 0 aliphatic carbocycles. The number of aryl methyl sites for hydroxylation is 1. The number of rotatable bonds is 9. The molecule has 3 rings (SSSR count). The Bertz CT molecular complexity index is 1060.